The SMILES string of the molecule is CC(C)(C)c1ccc(C(Br)Cc2ccc(F)cc2F)s1. The second kappa shape index (κ2) is 5.94. The van der Waals surface area contributed by atoms with Crippen LogP contribution in [0.4, 0.5) is 8.78 Å². The predicted octanol–water partition coefficient (Wildman–Crippen LogP) is 6.00. The molecule has 108 valence electrons. The molecule has 0 aliphatic heterocycles. The van der Waals surface area contributed by atoms with E-state index in [2.05, 4.69) is 48.8 Å². The summed E-state index contributed by atoms with van der Waals surface area (Å²) in [6.45, 7) is 6.52. The van der Waals surface area contributed by atoms with Crippen molar-refractivity contribution in [3.05, 3.63) is 57.3 Å². The summed E-state index contributed by atoms with van der Waals surface area (Å²) in [5.41, 5.74) is 0.649. The van der Waals surface area contributed by atoms with Crippen molar-refractivity contribution in [3.63, 3.8) is 0 Å². The molecule has 0 bridgehead atoms. The molecule has 0 nitrogen and oxygen atoms in total. The minimum atomic E-state index is -0.538. The number of benzene rings is 1. The fourth-order valence-corrected chi connectivity index (χ4v) is 3.73. The van der Waals surface area contributed by atoms with Crippen LogP contribution in [0.2, 0.25) is 0 Å². The first-order valence-electron chi connectivity index (χ1n) is 6.45. The van der Waals surface area contributed by atoms with E-state index in [1.165, 1.54) is 21.9 Å². The van der Waals surface area contributed by atoms with Gasteiger partial charge < -0.3 is 0 Å². The zero-order valence-corrected chi connectivity index (χ0v) is 14.1. The minimum absolute atomic E-state index is 0.0450. The first kappa shape index (κ1) is 15.6. The molecule has 0 spiro atoms. The summed E-state index contributed by atoms with van der Waals surface area (Å²) in [5, 5.41) is 0. The third-order valence-corrected chi connectivity index (χ3v) is 5.83. The Kier molecular flexibility index (Phi) is 4.65. The van der Waals surface area contributed by atoms with E-state index < -0.39 is 11.6 Å². The van der Waals surface area contributed by atoms with Crippen molar-refractivity contribution < 1.29 is 8.78 Å². The molecule has 0 aliphatic rings. The third kappa shape index (κ3) is 3.67. The van der Waals surface area contributed by atoms with Crippen molar-refractivity contribution in [2.45, 2.75) is 37.4 Å². The molecule has 1 heterocycles. The summed E-state index contributed by atoms with van der Waals surface area (Å²) in [7, 11) is 0. The van der Waals surface area contributed by atoms with Crippen LogP contribution in [0.1, 0.15) is 40.9 Å². The lowest BCUT2D eigenvalue weighted by Crippen LogP contribution is -2.07. The third-order valence-electron chi connectivity index (χ3n) is 3.09. The highest BCUT2D eigenvalue weighted by Gasteiger charge is 2.19. The molecule has 1 aromatic carbocycles. The molecule has 1 aromatic heterocycles. The molecular formula is C16H17BrF2S. The maximum atomic E-state index is 13.7. The summed E-state index contributed by atoms with van der Waals surface area (Å²) in [5.74, 6) is -1.02. The lowest BCUT2D eigenvalue weighted by molar-refractivity contribution is 0.571. The molecule has 0 fully saturated rings. The number of thiophene rings is 1. The maximum absolute atomic E-state index is 13.7. The summed E-state index contributed by atoms with van der Waals surface area (Å²) in [6.07, 6.45) is 0.510. The van der Waals surface area contributed by atoms with Gasteiger partial charge in [-0.1, -0.05) is 42.8 Å². The van der Waals surface area contributed by atoms with Gasteiger partial charge in [-0.25, -0.2) is 8.78 Å². The normalized spacial score (nSPS) is 13.5. The van der Waals surface area contributed by atoms with Gasteiger partial charge in [0.25, 0.3) is 0 Å². The van der Waals surface area contributed by atoms with Crippen molar-refractivity contribution >= 4 is 27.3 Å². The standard InChI is InChI=1S/C16H17BrF2S/c1-16(2,3)15-7-6-14(20-15)12(17)8-10-4-5-11(18)9-13(10)19/h4-7,9,12H,8H2,1-3H3. The lowest BCUT2D eigenvalue weighted by Gasteiger charge is -2.15. The first-order valence-corrected chi connectivity index (χ1v) is 8.19. The molecule has 2 rings (SSSR count). The van der Waals surface area contributed by atoms with E-state index in [4.69, 9.17) is 0 Å². The van der Waals surface area contributed by atoms with Gasteiger partial charge in [0.1, 0.15) is 11.6 Å². The van der Waals surface area contributed by atoms with Crippen LogP contribution in [-0.4, -0.2) is 0 Å². The summed E-state index contributed by atoms with van der Waals surface area (Å²) < 4.78 is 26.6. The van der Waals surface area contributed by atoms with Gasteiger partial charge >= 0.3 is 0 Å². The summed E-state index contributed by atoms with van der Waals surface area (Å²) in [6, 6.07) is 7.94. The Bertz CT molecular complexity index is 599. The monoisotopic (exact) mass is 358 g/mol. The fraction of sp³-hybridized carbons (Fsp3) is 0.375. The van der Waals surface area contributed by atoms with Gasteiger partial charge in [0.05, 0.1) is 4.83 Å². The van der Waals surface area contributed by atoms with Crippen LogP contribution >= 0.6 is 27.3 Å². The number of alkyl halides is 1. The van der Waals surface area contributed by atoms with Crippen molar-refractivity contribution in [2.24, 2.45) is 0 Å². The Morgan fingerprint density at radius 2 is 1.85 bits per heavy atom. The smallest absolute Gasteiger partial charge is 0.129 e. The van der Waals surface area contributed by atoms with Crippen LogP contribution < -0.4 is 0 Å². The quantitative estimate of drug-likeness (QED) is 0.590. The zero-order valence-electron chi connectivity index (χ0n) is 11.7. The largest absolute Gasteiger partial charge is 0.207 e. The van der Waals surface area contributed by atoms with Crippen LogP contribution in [0, 0.1) is 11.6 Å². The van der Waals surface area contributed by atoms with Gasteiger partial charge in [0.2, 0.25) is 0 Å². The second-order valence-corrected chi connectivity index (χ2v) is 8.08. The van der Waals surface area contributed by atoms with Crippen molar-refractivity contribution in [3.8, 4) is 0 Å². The lowest BCUT2D eigenvalue weighted by atomic mass is 9.95. The predicted molar refractivity (Wildman–Crippen MR) is 84.7 cm³/mol. The Balaban J connectivity index is 2.16. The molecule has 0 saturated heterocycles. The maximum Gasteiger partial charge on any atom is 0.129 e. The fourth-order valence-electron chi connectivity index (χ4n) is 1.91. The minimum Gasteiger partial charge on any atom is -0.207 e. The van der Waals surface area contributed by atoms with Crippen molar-refractivity contribution in [1.82, 2.24) is 0 Å². The van der Waals surface area contributed by atoms with Crippen LogP contribution in [0.3, 0.4) is 0 Å². The number of hydrogen-bond acceptors (Lipinski definition) is 1. The molecule has 1 unspecified atom stereocenters. The topological polar surface area (TPSA) is 0 Å². The number of halogens is 3. The Morgan fingerprint density at radius 3 is 2.40 bits per heavy atom. The van der Waals surface area contributed by atoms with E-state index >= 15 is 0 Å². The molecule has 0 radical (unpaired) electrons. The van der Waals surface area contributed by atoms with Gasteiger partial charge in [-0.15, -0.1) is 11.3 Å². The van der Waals surface area contributed by atoms with Crippen LogP contribution in [0.15, 0.2) is 30.3 Å². The van der Waals surface area contributed by atoms with E-state index in [9.17, 15) is 8.78 Å². The van der Waals surface area contributed by atoms with Crippen LogP contribution in [0.5, 0.6) is 0 Å². The van der Waals surface area contributed by atoms with Gasteiger partial charge in [-0.05, 0) is 35.6 Å². The molecule has 0 aliphatic carbocycles. The van der Waals surface area contributed by atoms with Crippen molar-refractivity contribution in [1.29, 1.82) is 0 Å². The summed E-state index contributed by atoms with van der Waals surface area (Å²) in [4.78, 5) is 2.51. The first-order chi connectivity index (χ1) is 9.27. The second-order valence-electron chi connectivity index (χ2n) is 5.86. The average molecular weight is 359 g/mol. The van der Waals surface area contributed by atoms with Gasteiger partial charge in [-0.3, -0.25) is 0 Å². The molecule has 20 heavy (non-hydrogen) atoms. The van der Waals surface area contributed by atoms with Gasteiger partial charge in [0.15, 0.2) is 0 Å². The highest BCUT2D eigenvalue weighted by molar-refractivity contribution is 9.09. The van der Waals surface area contributed by atoms with E-state index in [1.807, 2.05) is 0 Å². The highest BCUT2D eigenvalue weighted by Crippen LogP contribution is 2.37. The number of hydrogen-bond donors (Lipinski definition) is 0. The highest BCUT2D eigenvalue weighted by atomic mass is 79.9. The van der Waals surface area contributed by atoms with Gasteiger partial charge in [0, 0.05) is 15.8 Å². The van der Waals surface area contributed by atoms with E-state index in [0.717, 1.165) is 6.07 Å². The molecule has 1 atom stereocenters. The van der Waals surface area contributed by atoms with E-state index in [-0.39, 0.29) is 10.2 Å². The van der Waals surface area contributed by atoms with E-state index in [1.54, 1.807) is 11.3 Å². The molecule has 2 aromatic rings. The molecular weight excluding hydrogens is 342 g/mol. The molecule has 4 heteroatoms. The molecule has 0 N–H and O–H groups in total. The molecule has 0 saturated carbocycles. The number of rotatable bonds is 3. The van der Waals surface area contributed by atoms with Gasteiger partial charge in [-0.2, -0.15) is 0 Å². The Morgan fingerprint density at radius 1 is 1.15 bits per heavy atom. The molecule has 0 amide bonds. The van der Waals surface area contributed by atoms with Crippen LogP contribution in [-0.2, 0) is 11.8 Å². The average Bonchev–Trinajstić information content (AvgIpc) is 2.82. The van der Waals surface area contributed by atoms with Crippen LogP contribution in [0.25, 0.3) is 0 Å². The Hall–Kier alpha value is -0.740. The van der Waals surface area contributed by atoms with E-state index in [0.29, 0.717) is 12.0 Å². The summed E-state index contributed by atoms with van der Waals surface area (Å²) >= 11 is 5.34. The zero-order chi connectivity index (χ0) is 14.9. The van der Waals surface area contributed by atoms with Crippen molar-refractivity contribution in [2.75, 3.05) is 0 Å². The Labute approximate surface area is 131 Å².